The number of nitrogens with zero attached hydrogens (tertiary/aromatic N) is 1. The lowest BCUT2D eigenvalue weighted by molar-refractivity contribution is 0.114. The van der Waals surface area contributed by atoms with Crippen molar-refractivity contribution in [2.45, 2.75) is 44.6 Å². The molecule has 1 aromatic rings. The zero-order chi connectivity index (χ0) is 14.4. The third-order valence-corrected chi connectivity index (χ3v) is 4.55. The van der Waals surface area contributed by atoms with E-state index < -0.39 is 0 Å². The maximum atomic E-state index is 6.13. The van der Waals surface area contributed by atoms with Gasteiger partial charge in [0.05, 0.1) is 7.11 Å². The number of hydrogen-bond donors (Lipinski definition) is 1. The van der Waals surface area contributed by atoms with Gasteiger partial charge in [-0.15, -0.1) is 0 Å². The lowest BCUT2D eigenvalue weighted by Gasteiger charge is -2.40. The standard InChI is InChI=1S/C17H28N2O/c1-17(14-18,19-11-5-3-4-6-12-19)13-15-7-9-16(20-2)10-8-15/h7-10H,3-6,11-14,18H2,1-2H3. The minimum absolute atomic E-state index is 0.0684. The van der Waals surface area contributed by atoms with Crippen LogP contribution in [0.2, 0.25) is 0 Å². The topological polar surface area (TPSA) is 38.5 Å². The van der Waals surface area contributed by atoms with Crippen LogP contribution in [-0.2, 0) is 6.42 Å². The van der Waals surface area contributed by atoms with E-state index in [2.05, 4.69) is 24.0 Å². The summed E-state index contributed by atoms with van der Waals surface area (Å²) in [5.41, 5.74) is 7.53. The van der Waals surface area contributed by atoms with Gasteiger partial charge in [0, 0.05) is 12.1 Å². The third-order valence-electron chi connectivity index (χ3n) is 4.55. The molecule has 1 aromatic carbocycles. The van der Waals surface area contributed by atoms with E-state index in [0.29, 0.717) is 6.54 Å². The second-order valence-electron chi connectivity index (χ2n) is 6.13. The van der Waals surface area contributed by atoms with Gasteiger partial charge in [-0.05, 0) is 57.0 Å². The number of nitrogens with two attached hydrogens (primary N) is 1. The van der Waals surface area contributed by atoms with Gasteiger partial charge in [-0.1, -0.05) is 25.0 Å². The molecular formula is C17H28N2O. The number of hydrogen-bond acceptors (Lipinski definition) is 3. The quantitative estimate of drug-likeness (QED) is 0.898. The Balaban J connectivity index is 2.08. The summed E-state index contributed by atoms with van der Waals surface area (Å²) in [5.74, 6) is 0.915. The molecule has 1 heterocycles. The Morgan fingerprint density at radius 1 is 1.10 bits per heavy atom. The summed E-state index contributed by atoms with van der Waals surface area (Å²) in [6.07, 6.45) is 6.34. The van der Waals surface area contributed by atoms with Crippen molar-refractivity contribution in [1.29, 1.82) is 0 Å². The highest BCUT2D eigenvalue weighted by Gasteiger charge is 2.30. The molecule has 20 heavy (non-hydrogen) atoms. The predicted octanol–water partition coefficient (Wildman–Crippen LogP) is 2.83. The average molecular weight is 276 g/mol. The van der Waals surface area contributed by atoms with Gasteiger partial charge in [0.15, 0.2) is 0 Å². The van der Waals surface area contributed by atoms with Crippen molar-refractivity contribution >= 4 is 0 Å². The molecule has 1 unspecified atom stereocenters. The first kappa shape index (κ1) is 15.3. The van der Waals surface area contributed by atoms with Gasteiger partial charge < -0.3 is 10.5 Å². The van der Waals surface area contributed by atoms with Gasteiger partial charge >= 0.3 is 0 Å². The maximum Gasteiger partial charge on any atom is 0.118 e. The zero-order valence-electron chi connectivity index (χ0n) is 12.9. The molecule has 2 rings (SSSR count). The van der Waals surface area contributed by atoms with Gasteiger partial charge in [0.1, 0.15) is 5.75 Å². The van der Waals surface area contributed by atoms with Crippen LogP contribution in [0.25, 0.3) is 0 Å². The number of methoxy groups -OCH3 is 1. The van der Waals surface area contributed by atoms with Gasteiger partial charge in [-0.25, -0.2) is 0 Å². The van der Waals surface area contributed by atoms with E-state index >= 15 is 0 Å². The van der Waals surface area contributed by atoms with Crippen LogP contribution in [0.5, 0.6) is 5.75 Å². The highest BCUT2D eigenvalue weighted by molar-refractivity contribution is 5.28. The van der Waals surface area contributed by atoms with E-state index in [9.17, 15) is 0 Å². The molecule has 0 aliphatic carbocycles. The van der Waals surface area contributed by atoms with Crippen molar-refractivity contribution in [2.75, 3.05) is 26.7 Å². The third kappa shape index (κ3) is 3.74. The molecule has 2 N–H and O–H groups in total. The van der Waals surface area contributed by atoms with Gasteiger partial charge in [-0.3, -0.25) is 4.90 Å². The minimum Gasteiger partial charge on any atom is -0.497 e. The Kier molecular flexibility index (Phi) is 5.44. The monoisotopic (exact) mass is 276 g/mol. The molecule has 3 nitrogen and oxygen atoms in total. The van der Waals surface area contributed by atoms with Crippen LogP contribution in [0.3, 0.4) is 0 Å². The molecule has 112 valence electrons. The van der Waals surface area contributed by atoms with E-state index in [1.165, 1.54) is 44.3 Å². The van der Waals surface area contributed by atoms with E-state index in [1.807, 2.05) is 12.1 Å². The molecule has 0 spiro atoms. The normalized spacial score (nSPS) is 20.1. The first-order valence-electron chi connectivity index (χ1n) is 7.76. The van der Waals surface area contributed by atoms with Crippen LogP contribution in [0, 0.1) is 0 Å². The molecule has 0 saturated carbocycles. The average Bonchev–Trinajstić information content (AvgIpc) is 2.77. The number of ether oxygens (including phenoxy) is 1. The molecule has 0 radical (unpaired) electrons. The van der Waals surface area contributed by atoms with E-state index in [0.717, 1.165) is 12.2 Å². The lowest BCUT2D eigenvalue weighted by Crippen LogP contribution is -2.53. The molecule has 3 heteroatoms. The smallest absolute Gasteiger partial charge is 0.118 e. The molecule has 1 aliphatic rings. The van der Waals surface area contributed by atoms with Gasteiger partial charge in [0.2, 0.25) is 0 Å². The Hall–Kier alpha value is -1.06. The highest BCUT2D eigenvalue weighted by atomic mass is 16.5. The molecule has 1 saturated heterocycles. The van der Waals surface area contributed by atoms with Crippen LogP contribution in [0.15, 0.2) is 24.3 Å². The molecule has 1 fully saturated rings. The fourth-order valence-corrected chi connectivity index (χ4v) is 3.11. The van der Waals surface area contributed by atoms with Crippen LogP contribution < -0.4 is 10.5 Å². The Morgan fingerprint density at radius 3 is 2.20 bits per heavy atom. The first-order valence-corrected chi connectivity index (χ1v) is 7.76. The summed E-state index contributed by atoms with van der Waals surface area (Å²) in [6, 6.07) is 8.39. The minimum atomic E-state index is 0.0684. The summed E-state index contributed by atoms with van der Waals surface area (Å²) < 4.78 is 5.22. The van der Waals surface area contributed by atoms with Crippen LogP contribution in [-0.4, -0.2) is 37.2 Å². The maximum absolute atomic E-state index is 6.13. The second-order valence-corrected chi connectivity index (χ2v) is 6.13. The Bertz CT molecular complexity index is 396. The summed E-state index contributed by atoms with van der Waals surface area (Å²) in [4.78, 5) is 2.60. The first-order chi connectivity index (χ1) is 9.68. The van der Waals surface area contributed by atoms with Crippen molar-refractivity contribution in [2.24, 2.45) is 5.73 Å². The molecule has 1 atom stereocenters. The summed E-state index contributed by atoms with van der Waals surface area (Å²) in [7, 11) is 1.70. The van der Waals surface area contributed by atoms with Crippen molar-refractivity contribution in [1.82, 2.24) is 4.90 Å². The van der Waals surface area contributed by atoms with Gasteiger partial charge in [0.25, 0.3) is 0 Å². The van der Waals surface area contributed by atoms with Crippen LogP contribution >= 0.6 is 0 Å². The molecule has 1 aliphatic heterocycles. The Labute approximate surface area is 123 Å². The van der Waals surface area contributed by atoms with Crippen molar-refractivity contribution < 1.29 is 4.74 Å². The van der Waals surface area contributed by atoms with E-state index in [-0.39, 0.29) is 5.54 Å². The Morgan fingerprint density at radius 2 is 1.70 bits per heavy atom. The zero-order valence-corrected chi connectivity index (χ0v) is 12.9. The summed E-state index contributed by atoms with van der Waals surface area (Å²) in [5, 5.41) is 0. The highest BCUT2D eigenvalue weighted by Crippen LogP contribution is 2.24. The molecule has 0 bridgehead atoms. The van der Waals surface area contributed by atoms with Crippen molar-refractivity contribution in [3.05, 3.63) is 29.8 Å². The van der Waals surface area contributed by atoms with Crippen molar-refractivity contribution in [3.8, 4) is 5.75 Å². The predicted molar refractivity (Wildman–Crippen MR) is 84.2 cm³/mol. The fourth-order valence-electron chi connectivity index (χ4n) is 3.11. The second kappa shape index (κ2) is 7.09. The van der Waals surface area contributed by atoms with E-state index in [4.69, 9.17) is 10.5 Å². The molecule has 0 amide bonds. The summed E-state index contributed by atoms with van der Waals surface area (Å²) >= 11 is 0. The molecule has 0 aromatic heterocycles. The van der Waals surface area contributed by atoms with Crippen LogP contribution in [0.4, 0.5) is 0 Å². The lowest BCUT2D eigenvalue weighted by atomic mass is 9.90. The van der Waals surface area contributed by atoms with Crippen LogP contribution in [0.1, 0.15) is 38.2 Å². The number of rotatable bonds is 5. The summed E-state index contributed by atoms with van der Waals surface area (Å²) in [6.45, 7) is 5.38. The largest absolute Gasteiger partial charge is 0.497 e. The SMILES string of the molecule is COc1ccc(CC(C)(CN)N2CCCCCC2)cc1. The van der Waals surface area contributed by atoms with Crippen molar-refractivity contribution in [3.63, 3.8) is 0 Å². The number of likely N-dealkylation sites (tertiary alicyclic amines) is 1. The van der Waals surface area contributed by atoms with Gasteiger partial charge in [-0.2, -0.15) is 0 Å². The number of benzene rings is 1. The van der Waals surface area contributed by atoms with E-state index in [1.54, 1.807) is 7.11 Å². The molecular weight excluding hydrogens is 248 g/mol. The fraction of sp³-hybridized carbons (Fsp3) is 0.647.